The second kappa shape index (κ2) is 7.11. The van der Waals surface area contributed by atoms with E-state index in [-0.39, 0.29) is 25.3 Å². The van der Waals surface area contributed by atoms with Gasteiger partial charge in [0, 0.05) is 19.2 Å². The minimum Gasteiger partial charge on any atom is -0.454 e. The lowest BCUT2D eigenvalue weighted by Gasteiger charge is -2.33. The number of fused-ring (bicyclic) bond motifs is 1. The number of hydrogen-bond donors (Lipinski definition) is 0. The lowest BCUT2D eigenvalue weighted by atomic mass is 9.94. The Labute approximate surface area is 148 Å². The predicted octanol–water partition coefficient (Wildman–Crippen LogP) is 1.97. The molecule has 1 aliphatic heterocycles. The fourth-order valence-electron chi connectivity index (χ4n) is 3.35. The van der Waals surface area contributed by atoms with Gasteiger partial charge in [0.2, 0.25) is 22.7 Å². The maximum atomic E-state index is 12.7. The zero-order chi connectivity index (χ0) is 18.0. The van der Waals surface area contributed by atoms with Crippen molar-refractivity contribution in [3.8, 4) is 11.5 Å². The number of nitrogens with zero attached hydrogens (tertiary/aromatic N) is 2. The van der Waals surface area contributed by atoms with E-state index in [2.05, 4.69) is 0 Å². The van der Waals surface area contributed by atoms with Gasteiger partial charge in [-0.1, -0.05) is 19.3 Å². The summed E-state index contributed by atoms with van der Waals surface area (Å²) in [6.07, 6.45) is 6.48. The van der Waals surface area contributed by atoms with Gasteiger partial charge >= 0.3 is 0 Å². The number of amides is 1. The summed E-state index contributed by atoms with van der Waals surface area (Å²) in [6, 6.07) is 5.07. The zero-order valence-electron chi connectivity index (χ0n) is 14.6. The average molecular weight is 368 g/mol. The number of carbonyl (C=O) groups is 1. The largest absolute Gasteiger partial charge is 0.454 e. The van der Waals surface area contributed by atoms with Gasteiger partial charge in [0.25, 0.3) is 0 Å². The van der Waals surface area contributed by atoms with Crippen LogP contribution in [0.1, 0.15) is 32.1 Å². The molecule has 1 aromatic carbocycles. The normalized spacial score (nSPS) is 17.4. The van der Waals surface area contributed by atoms with Crippen LogP contribution in [0.3, 0.4) is 0 Å². The molecule has 8 heteroatoms. The first-order valence-electron chi connectivity index (χ1n) is 8.49. The SMILES string of the molecule is CN(C(=O)CN(c1ccc2c(c1)OCO2)S(C)(=O)=O)C1CCCCC1. The third kappa shape index (κ3) is 4.00. The number of sulfonamides is 1. The first kappa shape index (κ1) is 17.8. The van der Waals surface area contributed by atoms with Crippen LogP contribution in [0.25, 0.3) is 0 Å². The summed E-state index contributed by atoms with van der Waals surface area (Å²) in [7, 11) is -1.84. The molecule has 0 spiro atoms. The van der Waals surface area contributed by atoms with Gasteiger partial charge in [-0.25, -0.2) is 8.42 Å². The number of benzene rings is 1. The Morgan fingerprint density at radius 1 is 1.16 bits per heavy atom. The number of rotatable bonds is 5. The zero-order valence-corrected chi connectivity index (χ0v) is 15.4. The van der Waals surface area contributed by atoms with E-state index in [9.17, 15) is 13.2 Å². The predicted molar refractivity (Wildman–Crippen MR) is 94.4 cm³/mol. The maximum Gasteiger partial charge on any atom is 0.243 e. The van der Waals surface area contributed by atoms with Crippen molar-refractivity contribution in [2.45, 2.75) is 38.1 Å². The standard InChI is InChI=1S/C17H24N2O5S/c1-18(13-6-4-3-5-7-13)17(20)11-19(25(2,21)22)14-8-9-15-16(10-14)24-12-23-15/h8-10,13H,3-7,11-12H2,1-2H3. The Morgan fingerprint density at radius 3 is 2.52 bits per heavy atom. The first-order chi connectivity index (χ1) is 11.9. The topological polar surface area (TPSA) is 76.2 Å². The number of hydrogen-bond acceptors (Lipinski definition) is 5. The second-order valence-corrected chi connectivity index (χ2v) is 8.51. The fourth-order valence-corrected chi connectivity index (χ4v) is 4.19. The highest BCUT2D eigenvalue weighted by atomic mass is 32.2. The van der Waals surface area contributed by atoms with Crippen molar-refractivity contribution in [3.05, 3.63) is 18.2 Å². The van der Waals surface area contributed by atoms with Crippen molar-refractivity contribution in [2.24, 2.45) is 0 Å². The Kier molecular flexibility index (Phi) is 5.08. The third-order valence-electron chi connectivity index (χ3n) is 4.84. The van der Waals surface area contributed by atoms with Crippen LogP contribution in [0.4, 0.5) is 5.69 Å². The summed E-state index contributed by atoms with van der Waals surface area (Å²) in [5, 5.41) is 0. The maximum absolute atomic E-state index is 12.7. The van der Waals surface area contributed by atoms with Crippen LogP contribution in [-0.2, 0) is 14.8 Å². The van der Waals surface area contributed by atoms with E-state index in [1.807, 2.05) is 0 Å². The van der Waals surface area contributed by atoms with E-state index in [1.54, 1.807) is 30.1 Å². The monoisotopic (exact) mass is 368 g/mol. The number of ether oxygens (including phenoxy) is 2. The van der Waals surface area contributed by atoms with Gasteiger partial charge in [-0.05, 0) is 25.0 Å². The molecule has 2 aliphatic rings. The molecule has 0 bridgehead atoms. The van der Waals surface area contributed by atoms with Crippen LogP contribution in [0, 0.1) is 0 Å². The highest BCUT2D eigenvalue weighted by molar-refractivity contribution is 7.92. The van der Waals surface area contributed by atoms with Gasteiger partial charge in [0.1, 0.15) is 6.54 Å². The van der Waals surface area contributed by atoms with Gasteiger partial charge in [0.15, 0.2) is 11.5 Å². The molecule has 1 aliphatic carbocycles. The third-order valence-corrected chi connectivity index (χ3v) is 5.98. The van der Waals surface area contributed by atoms with Gasteiger partial charge in [-0.2, -0.15) is 0 Å². The molecule has 0 radical (unpaired) electrons. The average Bonchev–Trinajstić information content (AvgIpc) is 3.06. The molecule has 0 aromatic heterocycles. The Hall–Kier alpha value is -1.96. The Morgan fingerprint density at radius 2 is 1.84 bits per heavy atom. The van der Waals surface area contributed by atoms with Crippen molar-refractivity contribution in [3.63, 3.8) is 0 Å². The smallest absolute Gasteiger partial charge is 0.243 e. The van der Waals surface area contributed by atoms with Crippen molar-refractivity contribution in [1.82, 2.24) is 4.90 Å². The van der Waals surface area contributed by atoms with Crippen LogP contribution in [0.2, 0.25) is 0 Å². The quantitative estimate of drug-likeness (QED) is 0.794. The van der Waals surface area contributed by atoms with Crippen LogP contribution >= 0.6 is 0 Å². The van der Waals surface area contributed by atoms with Gasteiger partial charge < -0.3 is 14.4 Å². The highest BCUT2D eigenvalue weighted by Gasteiger charge is 2.28. The first-order valence-corrected chi connectivity index (χ1v) is 10.3. The summed E-state index contributed by atoms with van der Waals surface area (Å²) in [5.41, 5.74) is 0.400. The van der Waals surface area contributed by atoms with E-state index in [4.69, 9.17) is 9.47 Å². The molecule has 0 N–H and O–H groups in total. The van der Waals surface area contributed by atoms with Crippen molar-refractivity contribution >= 4 is 21.6 Å². The molecule has 1 heterocycles. The van der Waals surface area contributed by atoms with Crippen LogP contribution in [0.5, 0.6) is 11.5 Å². The van der Waals surface area contributed by atoms with Crippen LogP contribution in [-0.4, -0.2) is 51.9 Å². The molecule has 0 unspecified atom stereocenters. The Balaban J connectivity index is 1.78. The molecular formula is C17H24N2O5S. The molecule has 0 atom stereocenters. The van der Waals surface area contributed by atoms with E-state index >= 15 is 0 Å². The lowest BCUT2D eigenvalue weighted by molar-refractivity contribution is -0.130. The fraction of sp³-hybridized carbons (Fsp3) is 0.588. The van der Waals surface area contributed by atoms with E-state index < -0.39 is 10.0 Å². The van der Waals surface area contributed by atoms with E-state index in [1.165, 1.54) is 6.42 Å². The molecule has 25 heavy (non-hydrogen) atoms. The second-order valence-electron chi connectivity index (χ2n) is 6.60. The summed E-state index contributed by atoms with van der Waals surface area (Å²) in [4.78, 5) is 14.4. The summed E-state index contributed by atoms with van der Waals surface area (Å²) >= 11 is 0. The summed E-state index contributed by atoms with van der Waals surface area (Å²) < 4.78 is 36.2. The molecule has 1 aromatic rings. The molecule has 1 amide bonds. The van der Waals surface area contributed by atoms with Crippen molar-refractivity contribution < 1.29 is 22.7 Å². The molecule has 138 valence electrons. The number of anilines is 1. The minimum atomic E-state index is -3.61. The van der Waals surface area contributed by atoms with Gasteiger partial charge in [-0.15, -0.1) is 0 Å². The Bertz CT molecular complexity index is 743. The number of likely N-dealkylation sites (N-methyl/N-ethyl adjacent to an activating group) is 1. The number of carbonyl (C=O) groups excluding carboxylic acids is 1. The summed E-state index contributed by atoms with van der Waals surface area (Å²) in [5.74, 6) is 0.858. The highest BCUT2D eigenvalue weighted by Crippen LogP contribution is 2.36. The van der Waals surface area contributed by atoms with E-state index in [0.717, 1.165) is 36.2 Å². The van der Waals surface area contributed by atoms with Crippen molar-refractivity contribution in [1.29, 1.82) is 0 Å². The molecule has 1 saturated carbocycles. The van der Waals surface area contributed by atoms with Gasteiger partial charge in [0.05, 0.1) is 11.9 Å². The molecular weight excluding hydrogens is 344 g/mol. The molecule has 0 saturated heterocycles. The van der Waals surface area contributed by atoms with Crippen molar-refractivity contribution in [2.75, 3.05) is 30.9 Å². The molecule has 7 nitrogen and oxygen atoms in total. The molecule has 3 rings (SSSR count). The molecule has 1 fully saturated rings. The lowest BCUT2D eigenvalue weighted by Crippen LogP contribution is -2.45. The van der Waals surface area contributed by atoms with E-state index in [0.29, 0.717) is 17.2 Å². The van der Waals surface area contributed by atoms with Gasteiger partial charge in [-0.3, -0.25) is 9.10 Å². The van der Waals surface area contributed by atoms with Crippen LogP contribution in [0.15, 0.2) is 18.2 Å². The van der Waals surface area contributed by atoms with Crippen LogP contribution < -0.4 is 13.8 Å². The summed E-state index contributed by atoms with van der Waals surface area (Å²) in [6.45, 7) is -0.105. The minimum absolute atomic E-state index is 0.112.